The van der Waals surface area contributed by atoms with Crippen LogP contribution in [0.1, 0.15) is 53.2 Å². The van der Waals surface area contributed by atoms with Gasteiger partial charge in [0, 0.05) is 30.3 Å². The van der Waals surface area contributed by atoms with Crippen molar-refractivity contribution in [3.8, 4) is 0 Å². The number of thioether (sulfide) groups is 1. The van der Waals surface area contributed by atoms with Crippen molar-refractivity contribution < 1.29 is 9.90 Å². The summed E-state index contributed by atoms with van der Waals surface area (Å²) in [5.41, 5.74) is 13.7. The maximum absolute atomic E-state index is 12.1. The van der Waals surface area contributed by atoms with Crippen LogP contribution in [0, 0.1) is 0 Å². The predicted molar refractivity (Wildman–Crippen MR) is 107 cm³/mol. The highest BCUT2D eigenvalue weighted by molar-refractivity contribution is 8.14. The predicted octanol–water partition coefficient (Wildman–Crippen LogP) is 1.49. The van der Waals surface area contributed by atoms with Crippen molar-refractivity contribution in [1.29, 1.82) is 0 Å². The molecule has 7 heteroatoms. The van der Waals surface area contributed by atoms with Crippen molar-refractivity contribution in [3.05, 3.63) is 34.9 Å². The molecule has 0 aromatic heterocycles. The van der Waals surface area contributed by atoms with Crippen LogP contribution in [-0.2, 0) is 0 Å². The van der Waals surface area contributed by atoms with Gasteiger partial charge in [0.1, 0.15) is 0 Å². The van der Waals surface area contributed by atoms with Crippen LogP contribution in [0.4, 0.5) is 0 Å². The number of aliphatic hydroxyl groups excluding tert-OH is 1. The molecule has 0 bridgehead atoms. The summed E-state index contributed by atoms with van der Waals surface area (Å²) in [6.07, 6.45) is 1.60. The molecule has 1 amide bonds. The lowest BCUT2D eigenvalue weighted by Crippen LogP contribution is -2.34. The van der Waals surface area contributed by atoms with E-state index in [9.17, 15) is 9.90 Å². The van der Waals surface area contributed by atoms with Gasteiger partial charge in [-0.05, 0) is 43.1 Å². The summed E-state index contributed by atoms with van der Waals surface area (Å²) in [7, 11) is 0. The van der Waals surface area contributed by atoms with Gasteiger partial charge in [-0.25, -0.2) is 0 Å². The fraction of sp³-hybridized carbons (Fsp3) is 0.579. The summed E-state index contributed by atoms with van der Waals surface area (Å²) in [6.45, 7) is 4.90. The Morgan fingerprint density at radius 2 is 2.12 bits per heavy atom. The number of carbonyl (C=O) groups is 1. The van der Waals surface area contributed by atoms with E-state index < -0.39 is 12.0 Å². The minimum atomic E-state index is -0.730. The van der Waals surface area contributed by atoms with Crippen LogP contribution in [-0.4, -0.2) is 59.0 Å². The Morgan fingerprint density at radius 1 is 1.38 bits per heavy atom. The van der Waals surface area contributed by atoms with Gasteiger partial charge in [0.15, 0.2) is 0 Å². The van der Waals surface area contributed by atoms with E-state index in [0.717, 1.165) is 41.6 Å². The topological polar surface area (TPSA) is 105 Å². The Morgan fingerprint density at radius 3 is 2.69 bits per heavy atom. The van der Waals surface area contributed by atoms with E-state index in [0.29, 0.717) is 5.56 Å². The van der Waals surface area contributed by atoms with Gasteiger partial charge in [-0.1, -0.05) is 19.1 Å². The Labute approximate surface area is 159 Å². The fourth-order valence-corrected chi connectivity index (χ4v) is 4.95. The molecular weight excluding hydrogens is 348 g/mol. The van der Waals surface area contributed by atoms with Crippen LogP contribution in [0.15, 0.2) is 23.2 Å². The summed E-state index contributed by atoms with van der Waals surface area (Å²) < 4.78 is 0. The third-order valence-corrected chi connectivity index (χ3v) is 6.36. The third-order valence-electron chi connectivity index (χ3n) is 5.32. The van der Waals surface area contributed by atoms with Gasteiger partial charge in [0.05, 0.1) is 17.2 Å². The molecule has 26 heavy (non-hydrogen) atoms. The first-order valence-corrected chi connectivity index (χ1v) is 10.2. The largest absolute Gasteiger partial charge is 0.391 e. The Hall–Kier alpha value is -1.41. The van der Waals surface area contributed by atoms with Gasteiger partial charge in [-0.15, -0.1) is 11.8 Å². The lowest BCUT2D eigenvalue weighted by atomic mass is 9.84. The van der Waals surface area contributed by atoms with E-state index >= 15 is 0 Å². The highest BCUT2D eigenvalue weighted by atomic mass is 32.2. The zero-order chi connectivity index (χ0) is 18.7. The first kappa shape index (κ1) is 19.4. The molecule has 2 aliphatic heterocycles. The normalized spacial score (nSPS) is 21.4. The van der Waals surface area contributed by atoms with E-state index in [2.05, 4.69) is 4.90 Å². The fourth-order valence-electron chi connectivity index (χ4n) is 3.94. The van der Waals surface area contributed by atoms with Gasteiger partial charge >= 0.3 is 0 Å². The van der Waals surface area contributed by atoms with Crippen molar-refractivity contribution in [1.82, 2.24) is 4.90 Å². The van der Waals surface area contributed by atoms with E-state index in [1.807, 2.05) is 19.1 Å². The van der Waals surface area contributed by atoms with Gasteiger partial charge in [0.2, 0.25) is 5.91 Å². The Bertz CT molecular complexity index is 688. The molecule has 0 aliphatic carbocycles. The number of benzene rings is 1. The van der Waals surface area contributed by atoms with Crippen molar-refractivity contribution >= 4 is 22.7 Å². The van der Waals surface area contributed by atoms with Crippen molar-refractivity contribution in [2.45, 2.75) is 37.8 Å². The Kier molecular flexibility index (Phi) is 6.34. The van der Waals surface area contributed by atoms with E-state index in [1.165, 1.54) is 12.8 Å². The molecule has 3 rings (SSSR count). The van der Waals surface area contributed by atoms with Crippen LogP contribution < -0.4 is 11.5 Å². The van der Waals surface area contributed by atoms with Gasteiger partial charge < -0.3 is 16.6 Å². The molecule has 1 saturated heterocycles. The van der Waals surface area contributed by atoms with Crippen LogP contribution in [0.5, 0.6) is 0 Å². The number of hydrogen-bond donors (Lipinski definition) is 3. The highest BCUT2D eigenvalue weighted by Crippen LogP contribution is 2.38. The summed E-state index contributed by atoms with van der Waals surface area (Å²) in [4.78, 5) is 19.3. The number of likely N-dealkylation sites (tertiary alicyclic amines) is 1. The third kappa shape index (κ3) is 3.81. The second-order valence-electron chi connectivity index (χ2n) is 6.98. The number of aliphatic imine (C=N–C) groups is 1. The number of rotatable bonds is 7. The number of aliphatic hydroxyl groups is 1. The van der Waals surface area contributed by atoms with Crippen LogP contribution in [0.3, 0.4) is 0 Å². The van der Waals surface area contributed by atoms with Gasteiger partial charge in [0.25, 0.3) is 0 Å². The lowest BCUT2D eigenvalue weighted by molar-refractivity contribution is 0.0996. The first-order valence-electron chi connectivity index (χ1n) is 9.26. The SMILES string of the molecule is CC(c1c(C(N)=O)cccc1C(C1=NCCS1)N1CCCC1)C(O)CN. The standard InChI is InChI=1S/C19H28N4O2S/c1-12(15(24)11-20)16-13(5-4-6-14(16)18(21)25)17(19-22-7-10-26-19)23-8-2-3-9-23/h4-6,12,15,17,24H,2-3,7-11,20H2,1H3,(H2,21,25). The molecule has 142 valence electrons. The molecule has 6 nitrogen and oxygen atoms in total. The molecule has 0 radical (unpaired) electrons. The number of carbonyl (C=O) groups excluding carboxylic acids is 1. The second-order valence-corrected chi connectivity index (χ2v) is 8.09. The van der Waals surface area contributed by atoms with Gasteiger partial charge in [-0.2, -0.15) is 0 Å². The number of amides is 1. The minimum absolute atomic E-state index is 0.0201. The molecule has 1 fully saturated rings. The molecule has 1 aromatic rings. The number of nitrogens with two attached hydrogens (primary N) is 2. The van der Waals surface area contributed by atoms with Crippen LogP contribution in [0.25, 0.3) is 0 Å². The number of nitrogens with zero attached hydrogens (tertiary/aromatic N) is 2. The molecular formula is C19H28N4O2S. The molecule has 3 unspecified atom stereocenters. The summed E-state index contributed by atoms with van der Waals surface area (Å²) in [6, 6.07) is 5.69. The average molecular weight is 377 g/mol. The number of hydrogen-bond acceptors (Lipinski definition) is 6. The summed E-state index contributed by atoms with van der Waals surface area (Å²) in [5.74, 6) is 0.237. The number of primary amides is 1. The zero-order valence-electron chi connectivity index (χ0n) is 15.2. The molecule has 0 spiro atoms. The lowest BCUT2D eigenvalue weighted by Gasteiger charge is -2.32. The second kappa shape index (κ2) is 8.52. The monoisotopic (exact) mass is 376 g/mol. The Balaban J connectivity index is 2.13. The molecule has 2 aliphatic rings. The van der Waals surface area contributed by atoms with Crippen LogP contribution in [0.2, 0.25) is 0 Å². The molecule has 3 atom stereocenters. The van der Waals surface area contributed by atoms with Crippen molar-refractivity contribution in [3.63, 3.8) is 0 Å². The summed E-state index contributed by atoms with van der Waals surface area (Å²) in [5, 5.41) is 11.5. The molecule has 1 aromatic carbocycles. The maximum Gasteiger partial charge on any atom is 0.248 e. The van der Waals surface area contributed by atoms with E-state index in [1.54, 1.807) is 17.8 Å². The molecule has 2 heterocycles. The van der Waals surface area contributed by atoms with Crippen molar-refractivity contribution in [2.75, 3.05) is 31.9 Å². The smallest absolute Gasteiger partial charge is 0.248 e. The van der Waals surface area contributed by atoms with E-state index in [-0.39, 0.29) is 18.5 Å². The first-order chi connectivity index (χ1) is 12.5. The maximum atomic E-state index is 12.1. The molecule has 0 saturated carbocycles. The van der Waals surface area contributed by atoms with Gasteiger partial charge in [-0.3, -0.25) is 14.7 Å². The minimum Gasteiger partial charge on any atom is -0.391 e. The van der Waals surface area contributed by atoms with Crippen molar-refractivity contribution in [2.24, 2.45) is 16.5 Å². The quantitative estimate of drug-likeness (QED) is 0.669. The van der Waals surface area contributed by atoms with Crippen LogP contribution >= 0.6 is 11.8 Å². The average Bonchev–Trinajstić information content (AvgIpc) is 3.35. The summed E-state index contributed by atoms with van der Waals surface area (Å²) >= 11 is 1.79. The van der Waals surface area contributed by atoms with E-state index in [4.69, 9.17) is 16.5 Å². The molecule has 5 N–H and O–H groups in total. The highest BCUT2D eigenvalue weighted by Gasteiger charge is 2.34. The zero-order valence-corrected chi connectivity index (χ0v) is 16.0.